The summed E-state index contributed by atoms with van der Waals surface area (Å²) in [5, 5.41) is 2.78. The monoisotopic (exact) mass is 317 g/mol. The molecule has 1 aliphatic rings. The van der Waals surface area contributed by atoms with Crippen molar-refractivity contribution in [3.05, 3.63) is 30.1 Å². The van der Waals surface area contributed by atoms with Gasteiger partial charge in [0.05, 0.1) is 22.8 Å². The molecule has 0 bridgehead atoms. The Morgan fingerprint density at radius 2 is 2.05 bits per heavy atom. The average molecular weight is 317 g/mol. The standard InChI is InChI=1S/C13H16FNO3S2/c1-13(6-7-20(17,18)9-13)15-12(16)8-19-11-4-2-10(14)3-5-11/h2-5H,6-9H2,1H3,(H,15,16). The summed E-state index contributed by atoms with van der Waals surface area (Å²) in [6, 6.07) is 5.89. The Hall–Kier alpha value is -1.08. The number of carbonyl (C=O) groups excluding carboxylic acids is 1. The number of rotatable bonds is 4. The van der Waals surface area contributed by atoms with Crippen molar-refractivity contribution in [3.8, 4) is 0 Å². The summed E-state index contributed by atoms with van der Waals surface area (Å²) in [6.07, 6.45) is 0.447. The molecular weight excluding hydrogens is 301 g/mol. The lowest BCUT2D eigenvalue weighted by atomic mass is 10.0. The quantitative estimate of drug-likeness (QED) is 0.857. The molecule has 0 spiro atoms. The fraction of sp³-hybridized carbons (Fsp3) is 0.462. The van der Waals surface area contributed by atoms with Gasteiger partial charge in [-0.05, 0) is 37.6 Å². The maximum atomic E-state index is 12.7. The van der Waals surface area contributed by atoms with Crippen LogP contribution in [0, 0.1) is 5.82 Å². The third kappa shape index (κ3) is 4.21. The van der Waals surface area contributed by atoms with Crippen molar-refractivity contribution >= 4 is 27.5 Å². The van der Waals surface area contributed by atoms with Gasteiger partial charge in [0.1, 0.15) is 5.82 Å². The molecule has 1 saturated heterocycles. The predicted molar refractivity (Wildman–Crippen MR) is 76.9 cm³/mol. The highest BCUT2D eigenvalue weighted by atomic mass is 32.2. The summed E-state index contributed by atoms with van der Waals surface area (Å²) in [7, 11) is -3.03. The molecule has 4 nitrogen and oxygen atoms in total. The van der Waals surface area contributed by atoms with E-state index in [-0.39, 0.29) is 29.0 Å². The van der Waals surface area contributed by atoms with Crippen molar-refractivity contribution < 1.29 is 17.6 Å². The Balaban J connectivity index is 1.85. The van der Waals surface area contributed by atoms with Crippen LogP contribution in [0.5, 0.6) is 0 Å². The number of carbonyl (C=O) groups is 1. The zero-order valence-electron chi connectivity index (χ0n) is 11.1. The van der Waals surface area contributed by atoms with Crippen molar-refractivity contribution in [1.29, 1.82) is 0 Å². The summed E-state index contributed by atoms with van der Waals surface area (Å²) in [4.78, 5) is 12.7. The second-order valence-corrected chi connectivity index (χ2v) is 8.43. The van der Waals surface area contributed by atoms with E-state index in [0.717, 1.165) is 4.90 Å². The summed E-state index contributed by atoms with van der Waals surface area (Å²) in [6.45, 7) is 1.75. The second-order valence-electron chi connectivity index (χ2n) is 5.19. The van der Waals surface area contributed by atoms with E-state index in [4.69, 9.17) is 0 Å². The number of nitrogens with one attached hydrogen (secondary N) is 1. The van der Waals surface area contributed by atoms with Gasteiger partial charge in [-0.1, -0.05) is 0 Å². The number of halogens is 1. The summed E-state index contributed by atoms with van der Waals surface area (Å²) >= 11 is 1.29. The molecule has 20 heavy (non-hydrogen) atoms. The molecule has 2 rings (SSSR count). The Morgan fingerprint density at radius 3 is 2.60 bits per heavy atom. The van der Waals surface area contributed by atoms with Gasteiger partial charge in [0.2, 0.25) is 5.91 Å². The molecule has 7 heteroatoms. The third-order valence-corrected chi connectivity index (χ3v) is 6.04. The van der Waals surface area contributed by atoms with E-state index < -0.39 is 15.4 Å². The minimum Gasteiger partial charge on any atom is -0.349 e. The SMILES string of the molecule is CC1(NC(=O)CSc2ccc(F)cc2)CCS(=O)(=O)C1. The van der Waals surface area contributed by atoms with E-state index in [2.05, 4.69) is 5.32 Å². The van der Waals surface area contributed by atoms with Crippen LogP contribution in [0.3, 0.4) is 0 Å². The van der Waals surface area contributed by atoms with Gasteiger partial charge in [-0.2, -0.15) is 0 Å². The number of hydrogen-bond donors (Lipinski definition) is 1. The molecule has 0 aliphatic carbocycles. The van der Waals surface area contributed by atoms with Gasteiger partial charge in [0.25, 0.3) is 0 Å². The van der Waals surface area contributed by atoms with E-state index in [1.807, 2.05) is 0 Å². The van der Waals surface area contributed by atoms with Crippen LogP contribution in [0.25, 0.3) is 0 Å². The van der Waals surface area contributed by atoms with Crippen LogP contribution in [-0.4, -0.2) is 37.1 Å². The highest BCUT2D eigenvalue weighted by molar-refractivity contribution is 8.00. The van der Waals surface area contributed by atoms with Crippen molar-refractivity contribution in [1.82, 2.24) is 5.32 Å². The van der Waals surface area contributed by atoms with Crippen molar-refractivity contribution in [2.45, 2.75) is 23.8 Å². The first-order valence-corrected chi connectivity index (χ1v) is 8.99. The van der Waals surface area contributed by atoms with Gasteiger partial charge in [-0.3, -0.25) is 4.79 Å². The summed E-state index contributed by atoms with van der Waals surface area (Å²) < 4.78 is 35.6. The van der Waals surface area contributed by atoms with Crippen LogP contribution in [0.15, 0.2) is 29.2 Å². The number of amides is 1. The number of hydrogen-bond acceptors (Lipinski definition) is 4. The Morgan fingerprint density at radius 1 is 1.40 bits per heavy atom. The molecule has 1 unspecified atom stereocenters. The molecule has 110 valence electrons. The van der Waals surface area contributed by atoms with E-state index in [1.54, 1.807) is 19.1 Å². The molecule has 1 heterocycles. The van der Waals surface area contributed by atoms with E-state index in [9.17, 15) is 17.6 Å². The van der Waals surface area contributed by atoms with Crippen LogP contribution in [0.1, 0.15) is 13.3 Å². The van der Waals surface area contributed by atoms with E-state index in [0.29, 0.717) is 6.42 Å². The van der Waals surface area contributed by atoms with E-state index in [1.165, 1.54) is 23.9 Å². The molecule has 1 aromatic rings. The molecule has 1 N–H and O–H groups in total. The van der Waals surface area contributed by atoms with E-state index >= 15 is 0 Å². The van der Waals surface area contributed by atoms with Crippen molar-refractivity contribution in [3.63, 3.8) is 0 Å². The Labute approximate surface area is 122 Å². The Bertz CT molecular complexity index is 601. The number of benzene rings is 1. The minimum absolute atomic E-state index is 0.00699. The summed E-state index contributed by atoms with van der Waals surface area (Å²) in [5.74, 6) is -0.232. The van der Waals surface area contributed by atoms with Crippen molar-refractivity contribution in [2.75, 3.05) is 17.3 Å². The van der Waals surface area contributed by atoms with Crippen LogP contribution >= 0.6 is 11.8 Å². The smallest absolute Gasteiger partial charge is 0.230 e. The van der Waals surface area contributed by atoms with Gasteiger partial charge in [0, 0.05) is 4.90 Å². The predicted octanol–water partition coefficient (Wildman–Crippen LogP) is 1.61. The fourth-order valence-corrected chi connectivity index (χ4v) is 4.95. The van der Waals surface area contributed by atoms with Crippen LogP contribution in [0.4, 0.5) is 4.39 Å². The average Bonchev–Trinajstić information content (AvgIpc) is 2.62. The van der Waals surface area contributed by atoms with Crippen molar-refractivity contribution in [2.24, 2.45) is 0 Å². The molecule has 1 aliphatic heterocycles. The zero-order valence-corrected chi connectivity index (χ0v) is 12.7. The van der Waals surface area contributed by atoms with Crippen LogP contribution < -0.4 is 5.32 Å². The molecule has 0 radical (unpaired) electrons. The van der Waals surface area contributed by atoms with Gasteiger partial charge < -0.3 is 5.32 Å². The highest BCUT2D eigenvalue weighted by Gasteiger charge is 2.39. The molecule has 1 fully saturated rings. The first kappa shape index (κ1) is 15.3. The van der Waals surface area contributed by atoms with Gasteiger partial charge in [-0.15, -0.1) is 11.8 Å². The first-order valence-electron chi connectivity index (χ1n) is 6.18. The lowest BCUT2D eigenvalue weighted by molar-refractivity contribution is -0.120. The topological polar surface area (TPSA) is 63.2 Å². The largest absolute Gasteiger partial charge is 0.349 e. The first-order chi connectivity index (χ1) is 9.28. The fourth-order valence-electron chi connectivity index (χ4n) is 2.16. The highest BCUT2D eigenvalue weighted by Crippen LogP contribution is 2.23. The zero-order chi connectivity index (χ0) is 14.8. The number of sulfone groups is 1. The molecule has 0 saturated carbocycles. The van der Waals surface area contributed by atoms with Gasteiger partial charge >= 0.3 is 0 Å². The van der Waals surface area contributed by atoms with Gasteiger partial charge in [0.15, 0.2) is 9.84 Å². The molecular formula is C13H16FNO3S2. The molecule has 1 amide bonds. The molecule has 0 aromatic heterocycles. The lowest BCUT2D eigenvalue weighted by Gasteiger charge is -2.23. The lowest BCUT2D eigenvalue weighted by Crippen LogP contribution is -2.47. The van der Waals surface area contributed by atoms with Crippen LogP contribution in [-0.2, 0) is 14.6 Å². The molecule has 1 aromatic carbocycles. The molecule has 1 atom stereocenters. The van der Waals surface area contributed by atoms with Gasteiger partial charge in [-0.25, -0.2) is 12.8 Å². The number of thioether (sulfide) groups is 1. The van der Waals surface area contributed by atoms with Crippen LogP contribution in [0.2, 0.25) is 0 Å². The maximum Gasteiger partial charge on any atom is 0.230 e. The Kier molecular flexibility index (Phi) is 4.39. The maximum absolute atomic E-state index is 12.7. The second kappa shape index (κ2) is 5.73. The normalized spacial score (nSPS) is 24.5. The minimum atomic E-state index is -3.03. The third-order valence-electron chi connectivity index (χ3n) is 3.13. The summed E-state index contributed by atoms with van der Waals surface area (Å²) in [5.41, 5.74) is -0.667.